The summed E-state index contributed by atoms with van der Waals surface area (Å²) in [4.78, 5) is 8.75. The third-order valence-electron chi connectivity index (χ3n) is 4.09. The molecule has 2 aromatic rings. The molecular weight excluding hydrogens is 252 g/mol. The second kappa shape index (κ2) is 5.71. The fourth-order valence-electron chi connectivity index (χ4n) is 3.01. The minimum atomic E-state index is 0.0491. The molecule has 0 bridgehead atoms. The maximum atomic E-state index is 5.60. The Morgan fingerprint density at radius 2 is 2.20 bits per heavy atom. The van der Waals surface area contributed by atoms with Crippen LogP contribution >= 0.6 is 0 Å². The van der Waals surface area contributed by atoms with Gasteiger partial charge in [0.2, 0.25) is 11.7 Å². The number of aromatic nitrogens is 3. The van der Waals surface area contributed by atoms with Crippen LogP contribution in [0.25, 0.3) is 11.4 Å². The van der Waals surface area contributed by atoms with Gasteiger partial charge in [-0.25, -0.2) is 0 Å². The molecule has 3 rings (SSSR count). The monoisotopic (exact) mass is 272 g/mol. The van der Waals surface area contributed by atoms with E-state index in [2.05, 4.69) is 27.4 Å². The first-order valence-electron chi connectivity index (χ1n) is 7.29. The molecule has 0 aliphatic carbocycles. The first kappa shape index (κ1) is 13.2. The summed E-state index contributed by atoms with van der Waals surface area (Å²) < 4.78 is 5.60. The Kier molecular flexibility index (Phi) is 3.78. The first-order valence-corrected chi connectivity index (χ1v) is 7.29. The van der Waals surface area contributed by atoms with E-state index < -0.39 is 0 Å². The van der Waals surface area contributed by atoms with E-state index in [4.69, 9.17) is 4.52 Å². The molecule has 0 spiro atoms. The predicted molar refractivity (Wildman–Crippen MR) is 76.2 cm³/mol. The lowest BCUT2D eigenvalue weighted by atomic mass is 9.75. The zero-order valence-corrected chi connectivity index (χ0v) is 11.8. The number of rotatable bonds is 4. The van der Waals surface area contributed by atoms with Gasteiger partial charge in [-0.2, -0.15) is 4.98 Å². The zero-order valence-electron chi connectivity index (χ0n) is 11.8. The fraction of sp³-hybridized carbons (Fsp3) is 0.533. The van der Waals surface area contributed by atoms with Crippen LogP contribution in [0.15, 0.2) is 29.0 Å². The number of hydrogen-bond donors (Lipinski definition) is 1. The van der Waals surface area contributed by atoms with Crippen molar-refractivity contribution in [2.24, 2.45) is 0 Å². The normalized spacial score (nSPS) is 18.1. The quantitative estimate of drug-likeness (QED) is 0.926. The van der Waals surface area contributed by atoms with E-state index in [1.54, 1.807) is 12.4 Å². The van der Waals surface area contributed by atoms with E-state index in [9.17, 15) is 0 Å². The molecule has 5 nitrogen and oxygen atoms in total. The van der Waals surface area contributed by atoms with Gasteiger partial charge in [-0.1, -0.05) is 18.5 Å². The third kappa shape index (κ3) is 2.45. The molecule has 0 radical (unpaired) electrons. The van der Waals surface area contributed by atoms with Crippen LogP contribution in [0.4, 0.5) is 0 Å². The molecule has 0 amide bonds. The summed E-state index contributed by atoms with van der Waals surface area (Å²) in [6, 6.07) is 3.84. The summed E-state index contributed by atoms with van der Waals surface area (Å²) in [5.41, 5.74) is 0.955. The van der Waals surface area contributed by atoms with Gasteiger partial charge in [0.15, 0.2) is 0 Å². The highest BCUT2D eigenvalue weighted by molar-refractivity contribution is 5.52. The van der Waals surface area contributed by atoms with Crippen LogP contribution in [0, 0.1) is 0 Å². The molecule has 0 aromatic carbocycles. The molecule has 1 N–H and O–H groups in total. The van der Waals surface area contributed by atoms with E-state index in [0.717, 1.165) is 50.2 Å². The molecule has 2 aromatic heterocycles. The van der Waals surface area contributed by atoms with Crippen molar-refractivity contribution in [3.05, 3.63) is 30.4 Å². The van der Waals surface area contributed by atoms with Crippen molar-refractivity contribution in [2.45, 2.75) is 38.0 Å². The molecule has 20 heavy (non-hydrogen) atoms. The van der Waals surface area contributed by atoms with Crippen LogP contribution in [0.1, 0.15) is 38.5 Å². The van der Waals surface area contributed by atoms with Crippen LogP contribution in [-0.2, 0) is 5.41 Å². The Bertz CT molecular complexity index is 541. The smallest absolute Gasteiger partial charge is 0.233 e. The molecule has 1 fully saturated rings. The highest BCUT2D eigenvalue weighted by Crippen LogP contribution is 2.37. The van der Waals surface area contributed by atoms with E-state index in [-0.39, 0.29) is 5.41 Å². The molecule has 1 saturated heterocycles. The summed E-state index contributed by atoms with van der Waals surface area (Å²) >= 11 is 0. The van der Waals surface area contributed by atoms with Crippen molar-refractivity contribution < 1.29 is 4.52 Å². The Morgan fingerprint density at radius 1 is 1.35 bits per heavy atom. The molecule has 0 saturated carbocycles. The lowest BCUT2D eigenvalue weighted by Gasteiger charge is -2.34. The minimum Gasteiger partial charge on any atom is -0.338 e. The Labute approximate surface area is 118 Å². The SMILES string of the molecule is CCCC1(c2nc(-c3cccnc3)no2)CCNCC1. The van der Waals surface area contributed by atoms with Crippen LogP contribution in [0.3, 0.4) is 0 Å². The molecule has 0 atom stereocenters. The zero-order chi connectivity index (χ0) is 13.8. The number of nitrogens with zero attached hydrogens (tertiary/aromatic N) is 3. The van der Waals surface area contributed by atoms with Crippen molar-refractivity contribution in [1.29, 1.82) is 0 Å². The molecule has 0 unspecified atom stereocenters. The van der Waals surface area contributed by atoms with Gasteiger partial charge >= 0.3 is 0 Å². The van der Waals surface area contributed by atoms with Gasteiger partial charge in [-0.3, -0.25) is 4.98 Å². The largest absolute Gasteiger partial charge is 0.338 e. The topological polar surface area (TPSA) is 63.8 Å². The van der Waals surface area contributed by atoms with Crippen molar-refractivity contribution in [3.8, 4) is 11.4 Å². The lowest BCUT2D eigenvalue weighted by molar-refractivity contribution is 0.208. The van der Waals surface area contributed by atoms with E-state index in [1.807, 2.05) is 12.1 Å². The van der Waals surface area contributed by atoms with Crippen LogP contribution in [-0.4, -0.2) is 28.2 Å². The fourth-order valence-corrected chi connectivity index (χ4v) is 3.01. The third-order valence-corrected chi connectivity index (χ3v) is 4.09. The number of nitrogens with one attached hydrogen (secondary N) is 1. The van der Waals surface area contributed by atoms with Crippen molar-refractivity contribution in [2.75, 3.05) is 13.1 Å². The van der Waals surface area contributed by atoms with Gasteiger partial charge < -0.3 is 9.84 Å². The number of pyridine rings is 1. The van der Waals surface area contributed by atoms with Gasteiger partial charge in [0.05, 0.1) is 5.41 Å². The van der Waals surface area contributed by atoms with Gasteiger partial charge in [0, 0.05) is 18.0 Å². The first-order chi connectivity index (χ1) is 9.84. The van der Waals surface area contributed by atoms with E-state index in [1.165, 1.54) is 0 Å². The second-order valence-corrected chi connectivity index (χ2v) is 5.45. The molecular formula is C15H20N4O. The molecule has 5 heteroatoms. The standard InChI is InChI=1S/C15H20N4O/c1-2-5-15(6-9-16-10-7-15)14-18-13(19-20-14)12-4-3-8-17-11-12/h3-4,8,11,16H,2,5-7,9-10H2,1H3. The Balaban J connectivity index is 1.91. The van der Waals surface area contributed by atoms with Crippen molar-refractivity contribution in [3.63, 3.8) is 0 Å². The molecule has 106 valence electrons. The van der Waals surface area contributed by atoms with Crippen molar-refractivity contribution >= 4 is 0 Å². The molecule has 1 aliphatic heterocycles. The molecule has 1 aliphatic rings. The average Bonchev–Trinajstić information content (AvgIpc) is 3.00. The second-order valence-electron chi connectivity index (χ2n) is 5.45. The van der Waals surface area contributed by atoms with E-state index in [0.29, 0.717) is 5.82 Å². The number of piperidine rings is 1. The van der Waals surface area contributed by atoms with Crippen LogP contribution in [0.2, 0.25) is 0 Å². The predicted octanol–water partition coefficient (Wildman–Crippen LogP) is 2.55. The summed E-state index contributed by atoms with van der Waals surface area (Å²) in [6.07, 6.45) is 7.87. The van der Waals surface area contributed by atoms with Gasteiger partial charge in [-0.05, 0) is 44.5 Å². The maximum Gasteiger partial charge on any atom is 0.233 e. The van der Waals surface area contributed by atoms with E-state index >= 15 is 0 Å². The summed E-state index contributed by atoms with van der Waals surface area (Å²) in [7, 11) is 0. The average molecular weight is 272 g/mol. The minimum absolute atomic E-state index is 0.0491. The number of hydrogen-bond acceptors (Lipinski definition) is 5. The maximum absolute atomic E-state index is 5.60. The summed E-state index contributed by atoms with van der Waals surface area (Å²) in [5, 5.41) is 7.55. The lowest BCUT2D eigenvalue weighted by Crippen LogP contribution is -2.40. The van der Waals surface area contributed by atoms with Crippen LogP contribution in [0.5, 0.6) is 0 Å². The van der Waals surface area contributed by atoms with Gasteiger partial charge in [0.25, 0.3) is 0 Å². The highest BCUT2D eigenvalue weighted by atomic mass is 16.5. The summed E-state index contributed by atoms with van der Waals surface area (Å²) in [5.74, 6) is 1.43. The Hall–Kier alpha value is -1.75. The summed E-state index contributed by atoms with van der Waals surface area (Å²) in [6.45, 7) is 4.25. The van der Waals surface area contributed by atoms with Crippen molar-refractivity contribution in [1.82, 2.24) is 20.4 Å². The van der Waals surface area contributed by atoms with Crippen LogP contribution < -0.4 is 5.32 Å². The van der Waals surface area contributed by atoms with Gasteiger partial charge in [0.1, 0.15) is 0 Å². The Morgan fingerprint density at radius 3 is 2.90 bits per heavy atom. The highest BCUT2D eigenvalue weighted by Gasteiger charge is 2.38. The van der Waals surface area contributed by atoms with Gasteiger partial charge in [-0.15, -0.1) is 0 Å². The molecule has 3 heterocycles.